The van der Waals surface area contributed by atoms with Crippen molar-refractivity contribution in [2.45, 2.75) is 6.10 Å². The first-order chi connectivity index (χ1) is 12.7. The van der Waals surface area contributed by atoms with Gasteiger partial charge < -0.3 is 29.4 Å². The van der Waals surface area contributed by atoms with Crippen LogP contribution in [0.1, 0.15) is 17.2 Å². The molecule has 0 saturated heterocycles. The van der Waals surface area contributed by atoms with Gasteiger partial charge in [0, 0.05) is 22.2 Å². The van der Waals surface area contributed by atoms with E-state index in [4.69, 9.17) is 47.7 Å². The minimum Gasteiger partial charge on any atom is -0.543 e. The summed E-state index contributed by atoms with van der Waals surface area (Å²) in [6.45, 7) is 1.47. The third-order valence-electron chi connectivity index (χ3n) is 3.33. The molecule has 0 aromatic heterocycles. The second kappa shape index (κ2) is 11.6. The summed E-state index contributed by atoms with van der Waals surface area (Å²) in [6.07, 6.45) is -0.211. The molecule has 0 N–H and O–H groups in total. The third-order valence-corrected chi connectivity index (χ3v) is 3.91. The van der Waals surface area contributed by atoms with Gasteiger partial charge in [0.15, 0.2) is 0 Å². The normalized spacial score (nSPS) is 11.4. The second-order valence-corrected chi connectivity index (χ2v) is 6.55. The SMILES string of the molecule is CN(C)CCOC(c1cccc(Cl)c1)c1ccccc1Cl.O=C([O-])C(=O)[O-]. The number of hydrogen-bond donors (Lipinski definition) is 0. The quantitative estimate of drug-likeness (QED) is 0.661. The molecule has 0 spiro atoms. The van der Waals surface area contributed by atoms with Gasteiger partial charge in [0.1, 0.15) is 6.10 Å². The molecule has 0 aliphatic heterocycles. The van der Waals surface area contributed by atoms with Crippen molar-refractivity contribution < 1.29 is 24.5 Å². The molecule has 6 nitrogen and oxygen atoms in total. The molecule has 8 heteroatoms. The van der Waals surface area contributed by atoms with Crippen LogP contribution in [0.15, 0.2) is 48.5 Å². The number of nitrogens with zero attached hydrogens (tertiary/aromatic N) is 1. The van der Waals surface area contributed by atoms with Crippen molar-refractivity contribution in [2.24, 2.45) is 0 Å². The highest BCUT2D eigenvalue weighted by molar-refractivity contribution is 6.31. The number of rotatable bonds is 6. The first kappa shape index (κ1) is 22.9. The average Bonchev–Trinajstić information content (AvgIpc) is 2.60. The Bertz CT molecular complexity index is 755. The molecule has 0 heterocycles. The number of benzene rings is 2. The lowest BCUT2D eigenvalue weighted by Gasteiger charge is -2.21. The largest absolute Gasteiger partial charge is 0.543 e. The smallest absolute Gasteiger partial charge is 0.109 e. The Hall–Kier alpha value is -2.12. The Balaban J connectivity index is 0.000000527. The van der Waals surface area contributed by atoms with E-state index in [0.717, 1.165) is 17.7 Å². The Morgan fingerprint density at radius 2 is 1.67 bits per heavy atom. The summed E-state index contributed by atoms with van der Waals surface area (Å²) in [7, 11) is 4.04. The fourth-order valence-electron chi connectivity index (χ4n) is 2.08. The number of hydrogen-bond acceptors (Lipinski definition) is 6. The van der Waals surface area contributed by atoms with Crippen LogP contribution < -0.4 is 10.2 Å². The lowest BCUT2D eigenvalue weighted by atomic mass is 10.0. The zero-order valence-corrected chi connectivity index (χ0v) is 16.4. The molecule has 0 bridgehead atoms. The van der Waals surface area contributed by atoms with Crippen molar-refractivity contribution in [3.05, 3.63) is 69.7 Å². The third kappa shape index (κ3) is 8.41. The molecule has 0 saturated carbocycles. The van der Waals surface area contributed by atoms with Crippen LogP contribution in [0.2, 0.25) is 10.0 Å². The fraction of sp³-hybridized carbons (Fsp3) is 0.263. The molecule has 1 atom stereocenters. The van der Waals surface area contributed by atoms with Crippen molar-refractivity contribution >= 4 is 35.1 Å². The predicted octanol–water partition coefficient (Wildman–Crippen LogP) is 1.15. The van der Waals surface area contributed by atoms with Crippen LogP contribution in [0.5, 0.6) is 0 Å². The molecule has 1 unspecified atom stereocenters. The molecule has 0 amide bonds. The Morgan fingerprint density at radius 3 is 2.19 bits per heavy atom. The lowest BCUT2D eigenvalue weighted by molar-refractivity contribution is -0.345. The molecule has 0 fully saturated rings. The van der Waals surface area contributed by atoms with E-state index in [-0.39, 0.29) is 6.10 Å². The first-order valence-electron chi connectivity index (χ1n) is 7.91. The molecule has 146 valence electrons. The molecular weight excluding hydrogens is 393 g/mol. The number of halogens is 2. The van der Waals surface area contributed by atoms with Crippen LogP contribution in [0.4, 0.5) is 0 Å². The Kier molecular flexibility index (Phi) is 9.82. The molecule has 2 aromatic rings. The van der Waals surface area contributed by atoms with Gasteiger partial charge in [0.2, 0.25) is 0 Å². The van der Waals surface area contributed by atoms with E-state index in [1.54, 1.807) is 0 Å². The first-order valence-corrected chi connectivity index (χ1v) is 8.66. The summed E-state index contributed by atoms with van der Waals surface area (Å²) in [5, 5.41) is 19.2. The Morgan fingerprint density at radius 1 is 1.04 bits per heavy atom. The van der Waals surface area contributed by atoms with Gasteiger partial charge in [-0.25, -0.2) is 0 Å². The highest BCUT2D eigenvalue weighted by atomic mass is 35.5. The van der Waals surface area contributed by atoms with Crippen molar-refractivity contribution in [1.82, 2.24) is 4.90 Å². The minimum absolute atomic E-state index is 0.211. The minimum atomic E-state index is -2.19. The summed E-state index contributed by atoms with van der Waals surface area (Å²) >= 11 is 12.4. The summed E-state index contributed by atoms with van der Waals surface area (Å²) in [5.41, 5.74) is 1.97. The molecule has 0 radical (unpaired) electrons. The Labute approximate surface area is 167 Å². The van der Waals surface area contributed by atoms with Gasteiger partial charge in [0.05, 0.1) is 18.5 Å². The van der Waals surface area contributed by atoms with Crippen LogP contribution in [-0.4, -0.2) is 44.1 Å². The number of aliphatic carboxylic acids is 2. The number of ether oxygens (including phenoxy) is 1. The topological polar surface area (TPSA) is 92.7 Å². The van der Waals surface area contributed by atoms with Crippen molar-refractivity contribution in [2.75, 3.05) is 27.2 Å². The lowest BCUT2D eigenvalue weighted by Crippen LogP contribution is -2.42. The van der Waals surface area contributed by atoms with Gasteiger partial charge in [-0.2, -0.15) is 0 Å². The zero-order valence-electron chi connectivity index (χ0n) is 14.9. The van der Waals surface area contributed by atoms with E-state index < -0.39 is 11.9 Å². The average molecular weight is 412 g/mol. The molecule has 0 aliphatic rings. The van der Waals surface area contributed by atoms with Gasteiger partial charge in [-0.3, -0.25) is 0 Å². The number of likely N-dealkylation sites (N-methyl/N-ethyl adjacent to an activating group) is 1. The molecule has 2 rings (SSSR count). The second-order valence-electron chi connectivity index (χ2n) is 5.71. The van der Waals surface area contributed by atoms with Crippen LogP contribution in [-0.2, 0) is 14.3 Å². The van der Waals surface area contributed by atoms with E-state index in [1.165, 1.54) is 0 Å². The van der Waals surface area contributed by atoms with Gasteiger partial charge in [0.25, 0.3) is 0 Å². The summed E-state index contributed by atoms with van der Waals surface area (Å²) in [5.74, 6) is -4.37. The van der Waals surface area contributed by atoms with Crippen LogP contribution >= 0.6 is 23.2 Å². The van der Waals surface area contributed by atoms with Crippen LogP contribution in [0.25, 0.3) is 0 Å². The fourth-order valence-corrected chi connectivity index (χ4v) is 2.51. The van der Waals surface area contributed by atoms with E-state index >= 15 is 0 Å². The van der Waals surface area contributed by atoms with Crippen molar-refractivity contribution in [3.63, 3.8) is 0 Å². The van der Waals surface area contributed by atoms with Gasteiger partial charge in [-0.1, -0.05) is 53.5 Å². The molecular formula is C19H19Cl2NO5-2. The monoisotopic (exact) mass is 411 g/mol. The van der Waals surface area contributed by atoms with E-state index in [0.29, 0.717) is 16.7 Å². The summed E-state index contributed by atoms with van der Waals surface area (Å²) in [6, 6.07) is 15.5. The maximum absolute atomic E-state index is 8.93. The number of carbonyl (C=O) groups is 2. The number of carboxylic acids is 2. The van der Waals surface area contributed by atoms with E-state index in [9.17, 15) is 0 Å². The molecule has 27 heavy (non-hydrogen) atoms. The molecule has 2 aromatic carbocycles. The van der Waals surface area contributed by atoms with Crippen LogP contribution in [0, 0.1) is 0 Å². The number of carbonyl (C=O) groups excluding carboxylic acids is 2. The highest BCUT2D eigenvalue weighted by Gasteiger charge is 2.17. The standard InChI is InChI=1S/C17H19Cl2NO.C2H2O4/c1-20(2)10-11-21-17(13-6-5-7-14(18)12-13)15-8-3-4-9-16(15)19;3-1(4)2(5)6/h3-9,12,17H,10-11H2,1-2H3;(H,3,4)(H,5,6)/p-2. The predicted molar refractivity (Wildman–Crippen MR) is 99.3 cm³/mol. The van der Waals surface area contributed by atoms with Gasteiger partial charge in [-0.05, 0) is 37.9 Å². The molecule has 0 aliphatic carbocycles. The van der Waals surface area contributed by atoms with Crippen molar-refractivity contribution in [3.8, 4) is 0 Å². The van der Waals surface area contributed by atoms with Crippen molar-refractivity contribution in [1.29, 1.82) is 0 Å². The van der Waals surface area contributed by atoms with Gasteiger partial charge in [-0.15, -0.1) is 0 Å². The summed E-state index contributed by atoms with van der Waals surface area (Å²) in [4.78, 5) is 19.9. The highest BCUT2D eigenvalue weighted by Crippen LogP contribution is 2.32. The van der Waals surface area contributed by atoms with Crippen LogP contribution in [0.3, 0.4) is 0 Å². The summed E-state index contributed by atoms with van der Waals surface area (Å²) < 4.78 is 6.08. The van der Waals surface area contributed by atoms with E-state index in [2.05, 4.69) is 4.90 Å². The maximum atomic E-state index is 8.93. The zero-order chi connectivity index (χ0) is 20.4. The number of carboxylic acid groups (broad SMARTS) is 2. The van der Waals surface area contributed by atoms with Gasteiger partial charge >= 0.3 is 0 Å². The van der Waals surface area contributed by atoms with E-state index in [1.807, 2.05) is 62.6 Å². The maximum Gasteiger partial charge on any atom is 0.109 e.